The van der Waals surface area contributed by atoms with Gasteiger partial charge in [0, 0.05) is 11.0 Å². The summed E-state index contributed by atoms with van der Waals surface area (Å²) in [6.45, 7) is 5.58. The van der Waals surface area contributed by atoms with E-state index >= 15 is 0 Å². The van der Waals surface area contributed by atoms with Crippen molar-refractivity contribution >= 4 is 17.4 Å². The Morgan fingerprint density at radius 2 is 2.07 bits per heavy atom. The molecule has 0 saturated carbocycles. The quantitative estimate of drug-likeness (QED) is 0.712. The Balaban J connectivity index is 3.18. The normalized spacial score (nSPS) is 11.5. The number of hydrogen-bond donors (Lipinski definition) is 0. The first-order chi connectivity index (χ1) is 6.90. The highest BCUT2D eigenvalue weighted by molar-refractivity contribution is 6.34. The minimum Gasteiger partial charge on any atom is -0.294 e. The van der Waals surface area contributed by atoms with Gasteiger partial charge in [0.1, 0.15) is 5.82 Å². The van der Waals surface area contributed by atoms with Crippen LogP contribution in [0.2, 0.25) is 5.02 Å². The Kier molecular flexibility index (Phi) is 3.50. The summed E-state index contributed by atoms with van der Waals surface area (Å²) in [6, 6.07) is 4.31. The van der Waals surface area contributed by atoms with Crippen LogP contribution in [0.4, 0.5) is 4.39 Å². The fourth-order valence-corrected chi connectivity index (χ4v) is 1.42. The molecule has 1 nitrogen and oxygen atoms in total. The van der Waals surface area contributed by atoms with Crippen LogP contribution < -0.4 is 0 Å². The van der Waals surface area contributed by atoms with Crippen LogP contribution in [0.15, 0.2) is 18.2 Å². The molecule has 1 rings (SSSR count). The number of hydrogen-bond acceptors (Lipinski definition) is 1. The summed E-state index contributed by atoms with van der Waals surface area (Å²) in [5.41, 5.74) is -0.235. The van der Waals surface area contributed by atoms with Gasteiger partial charge >= 0.3 is 0 Å². The van der Waals surface area contributed by atoms with Crippen molar-refractivity contribution in [1.29, 1.82) is 0 Å². The van der Waals surface area contributed by atoms with Crippen LogP contribution in [0.25, 0.3) is 0 Å². The first-order valence-electron chi connectivity index (χ1n) is 4.89. The smallest absolute Gasteiger partial charge is 0.170 e. The van der Waals surface area contributed by atoms with Gasteiger partial charge in [-0.3, -0.25) is 4.79 Å². The number of ketones is 1. The summed E-state index contributed by atoms with van der Waals surface area (Å²) < 4.78 is 13.1. The van der Waals surface area contributed by atoms with Crippen molar-refractivity contribution in [3.63, 3.8) is 0 Å². The molecular formula is C12H14ClFO. The van der Waals surface area contributed by atoms with Crippen molar-refractivity contribution in [3.05, 3.63) is 34.6 Å². The molecule has 0 aliphatic rings. The summed E-state index contributed by atoms with van der Waals surface area (Å²) in [5.74, 6) is -0.663. The second-order valence-electron chi connectivity index (χ2n) is 4.17. The lowest BCUT2D eigenvalue weighted by Gasteiger charge is -2.21. The fourth-order valence-electron chi connectivity index (χ4n) is 1.20. The maximum atomic E-state index is 13.1. The Labute approximate surface area is 94.3 Å². The molecule has 0 atom stereocenters. The third-order valence-electron chi connectivity index (χ3n) is 2.69. The Bertz CT molecular complexity index is 385. The minimum absolute atomic E-state index is 0.0796. The van der Waals surface area contributed by atoms with Crippen LogP contribution >= 0.6 is 11.6 Å². The lowest BCUT2D eigenvalue weighted by atomic mass is 9.82. The van der Waals surface area contributed by atoms with Crippen LogP contribution in [-0.4, -0.2) is 5.78 Å². The highest BCUT2D eigenvalue weighted by Gasteiger charge is 2.28. The van der Waals surface area contributed by atoms with E-state index in [1.54, 1.807) is 6.07 Å². The lowest BCUT2D eigenvalue weighted by molar-refractivity contribution is 0.0832. The van der Waals surface area contributed by atoms with Gasteiger partial charge in [0.25, 0.3) is 0 Å². The van der Waals surface area contributed by atoms with E-state index in [0.717, 1.165) is 0 Å². The standard InChI is InChI=1S/C12H14ClFO/c1-4-12(2,3)11(15)8-6-5-7-9(14)10(8)13/h5-7H,4H2,1-3H3. The van der Waals surface area contributed by atoms with Crippen molar-refractivity contribution in [2.24, 2.45) is 5.41 Å². The van der Waals surface area contributed by atoms with Gasteiger partial charge < -0.3 is 0 Å². The summed E-state index contributed by atoms with van der Waals surface area (Å²) >= 11 is 5.76. The van der Waals surface area contributed by atoms with Gasteiger partial charge in [-0.15, -0.1) is 0 Å². The van der Waals surface area contributed by atoms with Crippen molar-refractivity contribution in [1.82, 2.24) is 0 Å². The molecule has 1 aromatic carbocycles. The topological polar surface area (TPSA) is 17.1 Å². The average molecular weight is 229 g/mol. The summed E-state index contributed by atoms with van der Waals surface area (Å²) in [4.78, 5) is 12.0. The van der Waals surface area contributed by atoms with E-state index in [1.165, 1.54) is 12.1 Å². The average Bonchev–Trinajstić information content (AvgIpc) is 2.21. The number of carbonyl (C=O) groups is 1. The summed E-state index contributed by atoms with van der Waals surface area (Å²) in [7, 11) is 0. The number of rotatable bonds is 3. The highest BCUT2D eigenvalue weighted by atomic mass is 35.5. The molecule has 1 aromatic rings. The molecule has 0 bridgehead atoms. The molecule has 3 heteroatoms. The van der Waals surface area contributed by atoms with Crippen LogP contribution in [0.5, 0.6) is 0 Å². The zero-order chi connectivity index (χ0) is 11.6. The van der Waals surface area contributed by atoms with Crippen molar-refractivity contribution in [2.45, 2.75) is 27.2 Å². The van der Waals surface area contributed by atoms with Crippen LogP contribution in [0, 0.1) is 11.2 Å². The van der Waals surface area contributed by atoms with Crippen molar-refractivity contribution in [3.8, 4) is 0 Å². The third kappa shape index (κ3) is 2.37. The largest absolute Gasteiger partial charge is 0.294 e. The van der Waals surface area contributed by atoms with Gasteiger partial charge in [-0.05, 0) is 18.6 Å². The van der Waals surface area contributed by atoms with Crippen molar-refractivity contribution in [2.75, 3.05) is 0 Å². The zero-order valence-electron chi connectivity index (χ0n) is 9.10. The minimum atomic E-state index is -0.547. The molecule has 15 heavy (non-hydrogen) atoms. The van der Waals surface area contributed by atoms with Gasteiger partial charge in [-0.1, -0.05) is 38.4 Å². The Morgan fingerprint density at radius 1 is 1.47 bits per heavy atom. The van der Waals surface area contributed by atoms with E-state index in [-0.39, 0.29) is 16.4 Å². The van der Waals surface area contributed by atoms with Gasteiger partial charge in [0.15, 0.2) is 5.78 Å². The third-order valence-corrected chi connectivity index (χ3v) is 3.08. The number of benzene rings is 1. The first-order valence-corrected chi connectivity index (χ1v) is 5.26. The second-order valence-corrected chi connectivity index (χ2v) is 4.55. The lowest BCUT2D eigenvalue weighted by Crippen LogP contribution is -2.23. The van der Waals surface area contributed by atoms with Gasteiger partial charge in [-0.25, -0.2) is 4.39 Å². The number of carbonyl (C=O) groups excluding carboxylic acids is 1. The van der Waals surface area contributed by atoms with Crippen LogP contribution in [0.3, 0.4) is 0 Å². The van der Waals surface area contributed by atoms with Gasteiger partial charge in [-0.2, -0.15) is 0 Å². The molecule has 0 unspecified atom stereocenters. The molecule has 0 heterocycles. The molecular weight excluding hydrogens is 215 g/mol. The van der Waals surface area contributed by atoms with Gasteiger partial charge in [0.2, 0.25) is 0 Å². The van der Waals surface area contributed by atoms with Crippen LogP contribution in [0.1, 0.15) is 37.6 Å². The van der Waals surface area contributed by atoms with E-state index < -0.39 is 11.2 Å². The summed E-state index contributed by atoms with van der Waals surface area (Å²) in [5, 5.41) is -0.0796. The van der Waals surface area contributed by atoms with Crippen LogP contribution in [-0.2, 0) is 0 Å². The monoisotopic (exact) mass is 228 g/mol. The first kappa shape index (κ1) is 12.2. The molecule has 0 spiro atoms. The maximum absolute atomic E-state index is 13.1. The van der Waals surface area contributed by atoms with E-state index in [1.807, 2.05) is 20.8 Å². The van der Waals surface area contributed by atoms with E-state index in [4.69, 9.17) is 11.6 Å². The number of Topliss-reactive ketones (excluding diaryl/α,β-unsaturated/α-hetero) is 1. The zero-order valence-corrected chi connectivity index (χ0v) is 9.86. The fraction of sp³-hybridized carbons (Fsp3) is 0.417. The molecule has 0 amide bonds. The van der Waals surface area contributed by atoms with Crippen molar-refractivity contribution < 1.29 is 9.18 Å². The summed E-state index contributed by atoms with van der Waals surface area (Å²) in [6.07, 6.45) is 0.693. The Hall–Kier alpha value is -0.890. The molecule has 0 aliphatic heterocycles. The molecule has 0 aromatic heterocycles. The molecule has 0 N–H and O–H groups in total. The van der Waals surface area contributed by atoms with Gasteiger partial charge in [0.05, 0.1) is 5.02 Å². The van der Waals surface area contributed by atoms with E-state index in [2.05, 4.69) is 0 Å². The van der Waals surface area contributed by atoms with E-state index in [9.17, 15) is 9.18 Å². The van der Waals surface area contributed by atoms with E-state index in [0.29, 0.717) is 6.42 Å². The SMILES string of the molecule is CCC(C)(C)C(=O)c1cccc(F)c1Cl. The predicted octanol–water partition coefficient (Wildman–Crippen LogP) is 4.10. The second kappa shape index (κ2) is 4.31. The Morgan fingerprint density at radius 3 is 2.60 bits per heavy atom. The highest BCUT2D eigenvalue weighted by Crippen LogP contribution is 2.30. The molecule has 0 saturated heterocycles. The molecule has 0 radical (unpaired) electrons. The number of halogens is 2. The molecule has 0 fully saturated rings. The maximum Gasteiger partial charge on any atom is 0.170 e. The molecule has 82 valence electrons. The molecule has 0 aliphatic carbocycles. The predicted molar refractivity (Wildman–Crippen MR) is 59.8 cm³/mol.